The Morgan fingerprint density at radius 3 is 2.65 bits per heavy atom. The molecule has 0 saturated carbocycles. The average molecular weight is 390 g/mol. The van der Waals surface area contributed by atoms with Gasteiger partial charge in [-0.3, -0.25) is 9.35 Å². The Hall–Kier alpha value is -2.56. The lowest BCUT2D eigenvalue weighted by Crippen LogP contribution is -2.07. The number of anilines is 1. The molecule has 1 aliphatic carbocycles. The van der Waals surface area contributed by atoms with Crippen molar-refractivity contribution in [3.05, 3.63) is 41.7 Å². The molecular weight excluding hydrogens is 376 g/mol. The van der Waals surface area contributed by atoms with Gasteiger partial charge >= 0.3 is 0 Å². The van der Waals surface area contributed by atoms with E-state index in [1.165, 1.54) is 30.4 Å². The molecule has 0 atom stereocenters. The van der Waals surface area contributed by atoms with E-state index < -0.39 is 10.1 Å². The van der Waals surface area contributed by atoms with E-state index in [9.17, 15) is 13.2 Å². The molecule has 3 aromatic rings. The second-order valence-electron chi connectivity index (χ2n) is 5.88. The van der Waals surface area contributed by atoms with E-state index in [0.717, 1.165) is 34.7 Å². The number of carbonyl (C=O) groups is 1. The first-order chi connectivity index (χ1) is 12.3. The maximum atomic E-state index is 11.3. The molecule has 134 valence electrons. The van der Waals surface area contributed by atoms with Crippen LogP contribution in [0.2, 0.25) is 0 Å². The molecule has 8 nitrogen and oxygen atoms in total. The number of thiazole rings is 1. The summed E-state index contributed by atoms with van der Waals surface area (Å²) in [5.74, 6) is -0.175. The van der Waals surface area contributed by atoms with Crippen LogP contribution in [0.15, 0.2) is 35.4 Å². The summed E-state index contributed by atoms with van der Waals surface area (Å²) in [4.78, 5) is 16.5. The Labute approximate surface area is 153 Å². The van der Waals surface area contributed by atoms with Gasteiger partial charge in [0, 0.05) is 6.92 Å². The molecule has 0 saturated heterocycles. The van der Waals surface area contributed by atoms with Gasteiger partial charge in [-0.15, -0.1) is 0 Å². The molecule has 10 heteroatoms. The van der Waals surface area contributed by atoms with E-state index in [2.05, 4.69) is 15.4 Å². The number of nitrogens with one attached hydrogen (secondary N) is 1. The molecule has 1 amide bonds. The highest BCUT2D eigenvalue weighted by molar-refractivity contribution is 7.85. The van der Waals surface area contributed by atoms with E-state index >= 15 is 0 Å². The number of fused-ring (bicyclic) bond motifs is 3. The summed E-state index contributed by atoms with van der Waals surface area (Å²) in [5.41, 5.74) is 3.53. The van der Waals surface area contributed by atoms with Crippen molar-refractivity contribution in [3.8, 4) is 16.3 Å². The number of nitrogens with zero attached hydrogens (tertiary/aromatic N) is 3. The third kappa shape index (κ3) is 2.91. The minimum atomic E-state index is -4.24. The van der Waals surface area contributed by atoms with Gasteiger partial charge in [0.05, 0.1) is 33.0 Å². The molecule has 0 radical (unpaired) electrons. The maximum Gasteiger partial charge on any atom is 0.294 e. The molecule has 4 rings (SSSR count). The third-order valence-corrected chi connectivity index (χ3v) is 5.94. The summed E-state index contributed by atoms with van der Waals surface area (Å²) < 4.78 is 33.3. The highest BCUT2D eigenvalue weighted by Crippen LogP contribution is 2.40. The number of rotatable bonds is 3. The molecule has 0 fully saturated rings. The van der Waals surface area contributed by atoms with E-state index in [4.69, 9.17) is 4.55 Å². The molecule has 26 heavy (non-hydrogen) atoms. The number of carbonyl (C=O) groups excluding carboxylic acids is 1. The Balaban J connectivity index is 1.79. The van der Waals surface area contributed by atoms with Crippen LogP contribution in [0.4, 0.5) is 5.13 Å². The van der Waals surface area contributed by atoms with Gasteiger partial charge in [0.25, 0.3) is 10.1 Å². The molecule has 2 heterocycles. The molecule has 0 unspecified atom stereocenters. The summed E-state index contributed by atoms with van der Waals surface area (Å²) in [6, 6.07) is 5.83. The van der Waals surface area contributed by atoms with Crippen LogP contribution < -0.4 is 5.32 Å². The average Bonchev–Trinajstić information content (AvgIpc) is 3.16. The van der Waals surface area contributed by atoms with Crippen molar-refractivity contribution in [1.29, 1.82) is 0 Å². The Morgan fingerprint density at radius 2 is 2.00 bits per heavy atom. The lowest BCUT2D eigenvalue weighted by atomic mass is 10.0. The predicted molar refractivity (Wildman–Crippen MR) is 96.2 cm³/mol. The summed E-state index contributed by atoms with van der Waals surface area (Å²) in [5, 5.41) is 7.68. The number of amides is 1. The summed E-state index contributed by atoms with van der Waals surface area (Å²) in [6.07, 6.45) is 3.34. The van der Waals surface area contributed by atoms with E-state index in [-0.39, 0.29) is 10.8 Å². The monoisotopic (exact) mass is 390 g/mol. The zero-order chi connectivity index (χ0) is 18.5. The Bertz CT molecular complexity index is 1110. The van der Waals surface area contributed by atoms with Crippen molar-refractivity contribution in [1.82, 2.24) is 14.8 Å². The first kappa shape index (κ1) is 16.9. The third-order valence-electron chi connectivity index (χ3n) is 4.05. The van der Waals surface area contributed by atoms with Gasteiger partial charge in [-0.25, -0.2) is 9.67 Å². The fourth-order valence-corrected chi connectivity index (χ4v) is 4.53. The fourth-order valence-electron chi connectivity index (χ4n) is 2.93. The van der Waals surface area contributed by atoms with Crippen LogP contribution in [-0.2, 0) is 27.8 Å². The minimum Gasteiger partial charge on any atom is -0.302 e. The Morgan fingerprint density at radius 1 is 1.27 bits per heavy atom. The Kier molecular flexibility index (Phi) is 3.90. The van der Waals surface area contributed by atoms with Crippen LogP contribution in [0.1, 0.15) is 18.2 Å². The van der Waals surface area contributed by atoms with Crippen molar-refractivity contribution in [3.63, 3.8) is 0 Å². The van der Waals surface area contributed by atoms with Gasteiger partial charge in [-0.2, -0.15) is 13.5 Å². The first-order valence-electron chi connectivity index (χ1n) is 7.75. The zero-order valence-electron chi connectivity index (χ0n) is 13.6. The number of hydrogen-bond acceptors (Lipinski definition) is 6. The quantitative estimate of drug-likeness (QED) is 0.663. The lowest BCUT2D eigenvalue weighted by Gasteiger charge is -2.13. The molecule has 2 N–H and O–H groups in total. The lowest BCUT2D eigenvalue weighted by molar-refractivity contribution is -0.114. The standard InChI is InChI=1S/C16H14N4O4S2/c1-9(21)18-16-19-13-7-2-10-8-17-20(14(10)15(13)25-16)11-3-5-12(6-4-11)26(22,23)24/h3-6,8H,2,7H2,1H3,(H,18,19,21)(H,22,23,24). The molecule has 2 aromatic heterocycles. The molecular formula is C16H14N4O4S2. The maximum absolute atomic E-state index is 11.3. The topological polar surface area (TPSA) is 114 Å². The van der Waals surface area contributed by atoms with Gasteiger partial charge in [0.15, 0.2) is 5.13 Å². The first-order valence-corrected chi connectivity index (χ1v) is 10.0. The largest absolute Gasteiger partial charge is 0.302 e. The van der Waals surface area contributed by atoms with Crippen LogP contribution in [0.3, 0.4) is 0 Å². The van der Waals surface area contributed by atoms with Gasteiger partial charge in [-0.05, 0) is 42.7 Å². The second-order valence-corrected chi connectivity index (χ2v) is 8.30. The van der Waals surface area contributed by atoms with Crippen molar-refractivity contribution in [2.45, 2.75) is 24.7 Å². The zero-order valence-corrected chi connectivity index (χ0v) is 15.3. The van der Waals surface area contributed by atoms with Crippen molar-refractivity contribution in [2.75, 3.05) is 5.32 Å². The molecule has 0 spiro atoms. The van der Waals surface area contributed by atoms with Crippen molar-refractivity contribution < 1.29 is 17.8 Å². The van der Waals surface area contributed by atoms with Crippen molar-refractivity contribution in [2.24, 2.45) is 0 Å². The highest BCUT2D eigenvalue weighted by Gasteiger charge is 2.26. The van der Waals surface area contributed by atoms with Gasteiger partial charge in [-0.1, -0.05) is 11.3 Å². The number of aryl methyl sites for hydroxylation is 2. The second kappa shape index (κ2) is 6.01. The predicted octanol–water partition coefficient (Wildman–Crippen LogP) is 2.30. The van der Waals surface area contributed by atoms with Crippen LogP contribution in [-0.4, -0.2) is 33.6 Å². The fraction of sp³-hybridized carbons (Fsp3) is 0.188. The SMILES string of the molecule is CC(=O)Nc1nc2c(s1)-c1c(cnn1-c1ccc(S(=O)(=O)O)cc1)CC2. The molecule has 0 bridgehead atoms. The van der Waals surface area contributed by atoms with E-state index in [1.807, 2.05) is 0 Å². The number of hydrogen-bond donors (Lipinski definition) is 2. The normalized spacial score (nSPS) is 13.2. The summed E-state index contributed by atoms with van der Waals surface area (Å²) in [7, 11) is -4.24. The smallest absolute Gasteiger partial charge is 0.294 e. The van der Waals surface area contributed by atoms with Gasteiger partial charge in [0.2, 0.25) is 5.91 Å². The van der Waals surface area contributed by atoms with Gasteiger partial charge in [0.1, 0.15) is 0 Å². The van der Waals surface area contributed by atoms with Crippen LogP contribution in [0.25, 0.3) is 16.3 Å². The van der Waals surface area contributed by atoms with Crippen molar-refractivity contribution >= 4 is 32.5 Å². The summed E-state index contributed by atoms with van der Waals surface area (Å²) in [6.45, 7) is 1.44. The van der Waals surface area contributed by atoms with Gasteiger partial charge < -0.3 is 5.32 Å². The summed E-state index contributed by atoms with van der Waals surface area (Å²) >= 11 is 1.39. The molecule has 1 aliphatic rings. The minimum absolute atomic E-state index is 0.173. The van der Waals surface area contributed by atoms with E-state index in [1.54, 1.807) is 23.0 Å². The number of benzene rings is 1. The van der Waals surface area contributed by atoms with Crippen LogP contribution >= 0.6 is 11.3 Å². The van der Waals surface area contributed by atoms with Crippen LogP contribution in [0.5, 0.6) is 0 Å². The van der Waals surface area contributed by atoms with E-state index in [0.29, 0.717) is 10.8 Å². The number of aromatic nitrogens is 3. The highest BCUT2D eigenvalue weighted by atomic mass is 32.2. The molecule has 1 aromatic carbocycles. The molecule has 0 aliphatic heterocycles. The van der Waals surface area contributed by atoms with Crippen LogP contribution in [0, 0.1) is 0 Å².